The van der Waals surface area contributed by atoms with E-state index in [4.69, 9.17) is 9.47 Å². The Bertz CT molecular complexity index is 317. The standard InChI is InChI=1S/C22H42O3/c1-4-7-8-9-10-11-12-13-14-15-16-17-18-19-20-21-22(23,24-5-2)25-6-3/h7-10,23H,4-6,11-21H2,1-3H3/b8-7+,10-9+. The summed E-state index contributed by atoms with van der Waals surface area (Å²) in [6.45, 7) is 6.86. The molecule has 0 atom stereocenters. The van der Waals surface area contributed by atoms with Crippen molar-refractivity contribution in [3.63, 3.8) is 0 Å². The topological polar surface area (TPSA) is 38.7 Å². The first-order valence-corrected chi connectivity index (χ1v) is 10.5. The third-order valence-corrected chi connectivity index (χ3v) is 4.22. The minimum absolute atomic E-state index is 0.474. The van der Waals surface area contributed by atoms with Crippen LogP contribution in [0.3, 0.4) is 0 Å². The second kappa shape index (κ2) is 18.2. The SMILES string of the molecule is CC/C=C/C=C/CCCCCCCCCCCC(O)(OCC)OCC. The predicted molar refractivity (Wildman–Crippen MR) is 108 cm³/mol. The van der Waals surface area contributed by atoms with Crippen LogP contribution in [0.5, 0.6) is 0 Å². The average molecular weight is 355 g/mol. The summed E-state index contributed by atoms with van der Waals surface area (Å²) < 4.78 is 10.6. The maximum atomic E-state index is 10.2. The van der Waals surface area contributed by atoms with E-state index in [-0.39, 0.29) is 0 Å². The molecule has 0 saturated carbocycles. The number of hydrogen-bond donors (Lipinski definition) is 1. The lowest BCUT2D eigenvalue weighted by atomic mass is 10.1. The van der Waals surface area contributed by atoms with E-state index in [0.29, 0.717) is 19.6 Å². The molecular weight excluding hydrogens is 312 g/mol. The van der Waals surface area contributed by atoms with Crippen molar-refractivity contribution in [1.82, 2.24) is 0 Å². The first-order valence-electron chi connectivity index (χ1n) is 10.5. The summed E-state index contributed by atoms with van der Waals surface area (Å²) >= 11 is 0. The molecular formula is C22H42O3. The molecule has 148 valence electrons. The molecule has 1 N–H and O–H groups in total. The van der Waals surface area contributed by atoms with Gasteiger partial charge in [0.1, 0.15) is 0 Å². The van der Waals surface area contributed by atoms with Gasteiger partial charge in [-0.1, -0.05) is 76.2 Å². The van der Waals surface area contributed by atoms with E-state index in [1.807, 2.05) is 13.8 Å². The highest BCUT2D eigenvalue weighted by atomic mass is 16.8. The van der Waals surface area contributed by atoms with Crippen molar-refractivity contribution in [3.05, 3.63) is 24.3 Å². The molecule has 0 radical (unpaired) electrons. The van der Waals surface area contributed by atoms with E-state index >= 15 is 0 Å². The van der Waals surface area contributed by atoms with Gasteiger partial charge in [-0.25, -0.2) is 0 Å². The molecule has 0 fully saturated rings. The number of ether oxygens (including phenoxy) is 2. The average Bonchev–Trinajstić information content (AvgIpc) is 2.59. The van der Waals surface area contributed by atoms with Gasteiger partial charge in [0.2, 0.25) is 0 Å². The van der Waals surface area contributed by atoms with Crippen molar-refractivity contribution in [2.75, 3.05) is 13.2 Å². The van der Waals surface area contributed by atoms with E-state index < -0.39 is 5.97 Å². The molecule has 3 heteroatoms. The quantitative estimate of drug-likeness (QED) is 0.173. The van der Waals surface area contributed by atoms with Crippen molar-refractivity contribution < 1.29 is 14.6 Å². The van der Waals surface area contributed by atoms with Crippen LogP contribution in [-0.2, 0) is 9.47 Å². The Labute approximate surface area is 156 Å². The number of hydrogen-bond acceptors (Lipinski definition) is 3. The molecule has 25 heavy (non-hydrogen) atoms. The fourth-order valence-corrected chi connectivity index (χ4v) is 2.87. The molecule has 0 heterocycles. The van der Waals surface area contributed by atoms with Gasteiger partial charge in [0, 0.05) is 19.6 Å². The number of aliphatic hydroxyl groups is 1. The molecule has 0 aromatic heterocycles. The van der Waals surface area contributed by atoms with Gasteiger partial charge in [-0.3, -0.25) is 0 Å². The summed E-state index contributed by atoms with van der Waals surface area (Å²) in [6, 6.07) is 0. The van der Waals surface area contributed by atoms with Gasteiger partial charge in [-0.05, 0) is 39.5 Å². The maximum absolute atomic E-state index is 10.2. The number of rotatable bonds is 18. The zero-order valence-corrected chi connectivity index (χ0v) is 17.0. The van der Waals surface area contributed by atoms with Gasteiger partial charge in [0.05, 0.1) is 0 Å². The van der Waals surface area contributed by atoms with Gasteiger partial charge in [0.15, 0.2) is 0 Å². The first kappa shape index (κ1) is 24.4. The van der Waals surface area contributed by atoms with Crippen molar-refractivity contribution in [3.8, 4) is 0 Å². The zero-order chi connectivity index (χ0) is 18.6. The Morgan fingerprint density at radius 2 is 1.16 bits per heavy atom. The van der Waals surface area contributed by atoms with Crippen molar-refractivity contribution in [2.45, 2.75) is 104 Å². The van der Waals surface area contributed by atoms with Crippen molar-refractivity contribution >= 4 is 0 Å². The molecule has 0 saturated heterocycles. The maximum Gasteiger partial charge on any atom is 0.280 e. The molecule has 0 aliphatic rings. The summed E-state index contributed by atoms with van der Waals surface area (Å²) in [5.74, 6) is -1.37. The molecule has 0 unspecified atom stereocenters. The van der Waals surface area contributed by atoms with Crippen LogP contribution in [0.1, 0.15) is 97.8 Å². The largest absolute Gasteiger partial charge is 0.343 e. The summed E-state index contributed by atoms with van der Waals surface area (Å²) in [6.07, 6.45) is 23.0. The van der Waals surface area contributed by atoms with Crippen LogP contribution >= 0.6 is 0 Å². The minimum atomic E-state index is -1.37. The van der Waals surface area contributed by atoms with Crippen molar-refractivity contribution in [1.29, 1.82) is 0 Å². The molecule has 0 aromatic carbocycles. The van der Waals surface area contributed by atoms with Gasteiger partial charge < -0.3 is 14.6 Å². The van der Waals surface area contributed by atoms with E-state index in [9.17, 15) is 5.11 Å². The lowest BCUT2D eigenvalue weighted by Crippen LogP contribution is -2.35. The Hall–Kier alpha value is -0.640. The Kier molecular flexibility index (Phi) is 17.7. The number of allylic oxidation sites excluding steroid dienone is 4. The third kappa shape index (κ3) is 16.6. The first-order chi connectivity index (χ1) is 12.2. The molecule has 0 aliphatic carbocycles. The monoisotopic (exact) mass is 354 g/mol. The molecule has 0 aliphatic heterocycles. The normalized spacial score (nSPS) is 12.6. The third-order valence-electron chi connectivity index (χ3n) is 4.22. The highest BCUT2D eigenvalue weighted by Crippen LogP contribution is 2.19. The number of unbranched alkanes of at least 4 members (excludes halogenated alkanes) is 9. The lowest BCUT2D eigenvalue weighted by Gasteiger charge is -2.26. The lowest BCUT2D eigenvalue weighted by molar-refractivity contribution is -0.360. The van der Waals surface area contributed by atoms with Crippen LogP contribution < -0.4 is 0 Å². The highest BCUT2D eigenvalue weighted by molar-refractivity contribution is 5.01. The van der Waals surface area contributed by atoms with E-state index in [2.05, 4.69) is 31.2 Å². The molecule has 3 nitrogen and oxygen atoms in total. The van der Waals surface area contributed by atoms with Crippen molar-refractivity contribution in [2.24, 2.45) is 0 Å². The van der Waals surface area contributed by atoms with E-state index in [0.717, 1.165) is 19.3 Å². The summed E-state index contributed by atoms with van der Waals surface area (Å²) in [5, 5.41) is 10.2. The minimum Gasteiger partial charge on any atom is -0.343 e. The summed E-state index contributed by atoms with van der Waals surface area (Å²) in [4.78, 5) is 0. The Balaban J connectivity index is 3.38. The molecule has 0 spiro atoms. The Morgan fingerprint density at radius 1 is 0.680 bits per heavy atom. The predicted octanol–water partition coefficient (Wildman–Crippen LogP) is 6.52. The van der Waals surface area contributed by atoms with Crippen LogP contribution in [0.2, 0.25) is 0 Å². The van der Waals surface area contributed by atoms with Crippen LogP contribution in [0, 0.1) is 0 Å². The molecule has 0 amide bonds. The van der Waals surface area contributed by atoms with Gasteiger partial charge in [0.25, 0.3) is 5.97 Å². The summed E-state index contributed by atoms with van der Waals surface area (Å²) in [7, 11) is 0. The molecule has 0 bridgehead atoms. The van der Waals surface area contributed by atoms with Crippen LogP contribution in [0.25, 0.3) is 0 Å². The highest BCUT2D eigenvalue weighted by Gasteiger charge is 2.26. The molecule has 0 aromatic rings. The second-order valence-corrected chi connectivity index (χ2v) is 6.56. The van der Waals surface area contributed by atoms with E-state index in [1.165, 1.54) is 51.4 Å². The van der Waals surface area contributed by atoms with Gasteiger partial charge >= 0.3 is 0 Å². The van der Waals surface area contributed by atoms with Crippen LogP contribution in [-0.4, -0.2) is 24.3 Å². The summed E-state index contributed by atoms with van der Waals surface area (Å²) in [5.41, 5.74) is 0. The zero-order valence-electron chi connectivity index (χ0n) is 17.0. The molecule has 0 rings (SSSR count). The Morgan fingerprint density at radius 3 is 1.68 bits per heavy atom. The van der Waals surface area contributed by atoms with Crippen LogP contribution in [0.4, 0.5) is 0 Å². The smallest absolute Gasteiger partial charge is 0.280 e. The van der Waals surface area contributed by atoms with Gasteiger partial charge in [-0.2, -0.15) is 0 Å². The van der Waals surface area contributed by atoms with Gasteiger partial charge in [-0.15, -0.1) is 0 Å². The van der Waals surface area contributed by atoms with Crippen LogP contribution in [0.15, 0.2) is 24.3 Å². The second-order valence-electron chi connectivity index (χ2n) is 6.56. The fourth-order valence-electron chi connectivity index (χ4n) is 2.87. The van der Waals surface area contributed by atoms with E-state index in [1.54, 1.807) is 0 Å². The fraction of sp³-hybridized carbons (Fsp3) is 0.818.